The quantitative estimate of drug-likeness (QED) is 0.0551. The predicted octanol–water partition coefficient (Wildman–Crippen LogP) is 25.2. The molecule has 13 aromatic heterocycles. The van der Waals surface area contributed by atoms with Crippen LogP contribution in [0.1, 0.15) is 232 Å². The minimum Gasteiger partial charge on any atom is -0.657 e. The molecule has 16 aromatic rings. The van der Waals surface area contributed by atoms with Crippen molar-refractivity contribution in [3.05, 3.63) is 380 Å². The zero-order valence-corrected chi connectivity index (χ0v) is 89.0. The summed E-state index contributed by atoms with van der Waals surface area (Å²) in [6.45, 7) is 25.2. The number of rotatable bonds is 20. The monoisotopic (exact) mass is 2720 g/mol. The van der Waals surface area contributed by atoms with Gasteiger partial charge in [0.1, 0.15) is 11.1 Å². The molecule has 2 aliphatic heterocycles. The topological polar surface area (TPSA) is 240 Å². The van der Waals surface area contributed by atoms with Gasteiger partial charge in [-0.3, -0.25) is 49.1 Å². The summed E-state index contributed by atoms with van der Waals surface area (Å²) in [7, 11) is 0. The predicted molar refractivity (Wildman–Crippen MR) is 507 cm³/mol. The van der Waals surface area contributed by atoms with E-state index in [1.807, 2.05) is 62.4 Å². The van der Waals surface area contributed by atoms with Gasteiger partial charge in [-0.2, -0.15) is 52.7 Å². The van der Waals surface area contributed by atoms with E-state index in [9.17, 15) is 66.3 Å². The zero-order valence-electron chi connectivity index (χ0n) is 79.9. The number of pyridine rings is 6. The van der Waals surface area contributed by atoms with Crippen LogP contribution in [0.5, 0.6) is 0 Å². The van der Waals surface area contributed by atoms with E-state index in [1.54, 1.807) is 92.7 Å². The maximum absolute atomic E-state index is 14.0. The average molecular weight is 2720 g/mol. The summed E-state index contributed by atoms with van der Waals surface area (Å²) >= 11 is 0. The molecule has 20 nitrogen and oxygen atoms in total. The number of halogens is 14. The molecule has 1 aliphatic carbocycles. The fraction of sp³-hybridized carbons (Fsp3) is 0.250. The molecular formula is C108H89F14N18O2Pt4-. The second kappa shape index (κ2) is 45.3. The van der Waals surface area contributed by atoms with Crippen LogP contribution in [0.3, 0.4) is 0 Å². The molecule has 762 valence electrons. The smallest absolute Gasteiger partial charge is 0.657 e. The number of aryl methyl sites for hydroxylation is 4. The molecule has 146 heavy (non-hydrogen) atoms. The third-order valence-corrected chi connectivity index (χ3v) is 25.0. The van der Waals surface area contributed by atoms with Gasteiger partial charge in [-0.15, -0.1) is 58.5 Å². The molecule has 0 atom stereocenters. The molecule has 0 unspecified atom stereocenters. The third-order valence-electron chi connectivity index (χ3n) is 25.0. The van der Waals surface area contributed by atoms with Crippen LogP contribution >= 0.6 is 0 Å². The minimum absolute atomic E-state index is 0. The van der Waals surface area contributed by atoms with Gasteiger partial charge in [-0.1, -0.05) is 254 Å². The molecule has 38 heteroatoms. The maximum atomic E-state index is 14.0. The number of fused-ring (bicyclic) bond motifs is 11. The van der Waals surface area contributed by atoms with Crippen LogP contribution in [0.25, 0.3) is 90.0 Å². The van der Waals surface area contributed by atoms with Crippen molar-refractivity contribution in [1.82, 2.24) is 89.0 Å². The number of hydrogen-bond donors (Lipinski definition) is 1. The van der Waals surface area contributed by atoms with Crippen LogP contribution in [-0.2, 0) is 151 Å². The van der Waals surface area contributed by atoms with Crippen molar-refractivity contribution in [3.63, 3.8) is 0 Å². The van der Waals surface area contributed by atoms with E-state index in [0.717, 1.165) is 174 Å². The zero-order chi connectivity index (χ0) is 101. The second-order valence-electron chi connectivity index (χ2n) is 34.3. The van der Waals surface area contributed by atoms with Crippen LogP contribution < -0.4 is 9.97 Å². The summed E-state index contributed by atoms with van der Waals surface area (Å²) in [4.78, 5) is 59.2. The van der Waals surface area contributed by atoms with Crippen LogP contribution in [0.2, 0.25) is 0 Å². The number of benzene rings is 3. The van der Waals surface area contributed by atoms with Crippen molar-refractivity contribution in [2.75, 3.05) is 0 Å². The molecule has 3 aromatic carbocycles. The molecule has 15 heterocycles. The molecule has 0 saturated heterocycles. The SMILES string of the molecule is CC(C)(c1cccc(-n2[c-]cc(C(F)(F)F)n2)n1)c1cccc(-n2[c-]cc(C(F)(F)F)n2)n1.CC(C)(c1cccc(C(=O)O)n1)c1cccc(-c2[c-]cc(F)cc2F)n1.CCC1=C(CC)c2cc3[n-]c(cc4nc(cc5[n-]c(cc1n2)c(CC)c5CC)C(CC)=C4CC)c(CC)c3CC.FC(F)(F)c1c[c-]n(-c2cccc(C3(c4cccc(-n5[c-]cc(C(F)(F)F)n5)n4)c4ccccc4-c4ccccc43)n2)n1.[Pt+2].[Pt+2].[Pt+2].[Pt]. The van der Waals surface area contributed by atoms with Gasteiger partial charge in [0.25, 0.3) is 0 Å². The van der Waals surface area contributed by atoms with E-state index in [0.29, 0.717) is 39.9 Å². The van der Waals surface area contributed by atoms with Crippen molar-refractivity contribution in [2.45, 2.75) is 175 Å². The minimum atomic E-state index is -4.66. The number of aromatic nitrogens is 18. The Balaban J connectivity index is 0.000000174. The number of allylic oxidation sites excluding steroid dienone is 4. The van der Waals surface area contributed by atoms with Crippen molar-refractivity contribution in [3.8, 4) is 45.7 Å². The molecule has 0 fully saturated rings. The number of carboxylic acids is 1. The normalized spacial score (nSPS) is 12.8. The molecule has 0 saturated carbocycles. The number of hydrogen-bond acceptors (Lipinski definition) is 13. The molecule has 19 rings (SSSR count). The Kier molecular flexibility index (Phi) is 34.7. The summed E-state index contributed by atoms with van der Waals surface area (Å²) in [6, 6.07) is 60.5. The second-order valence-corrected chi connectivity index (χ2v) is 34.3. The molecule has 0 spiro atoms. The fourth-order valence-electron chi connectivity index (χ4n) is 18.0. The van der Waals surface area contributed by atoms with Crippen molar-refractivity contribution >= 4 is 50.3 Å². The first-order valence-corrected chi connectivity index (χ1v) is 45.7. The summed E-state index contributed by atoms with van der Waals surface area (Å²) in [6.07, 6.45) is -1.20. The Hall–Kier alpha value is -12.8. The molecule has 8 bridgehead atoms. The average Bonchev–Trinajstić information content (AvgIpc) is 1.53. The van der Waals surface area contributed by atoms with Crippen molar-refractivity contribution in [2.24, 2.45) is 0 Å². The number of aromatic carboxylic acids is 1. The van der Waals surface area contributed by atoms with E-state index >= 15 is 0 Å². The molecule has 1 N–H and O–H groups in total. The largest absolute Gasteiger partial charge is 2.00 e. The standard InChI is InChI=1S/C36H44N4.C31H16F6N6.C21H14F6N6.C20H15F2N2O2.4Pt/c1-9-21-22(10-2)30-18-32-25(13-5)26(14-6)34(39-32)20-36-28(16-8)27(15-7)35(40-36)19-33-24(12-4)23(11-3)31(38-33)17-29(21)37-30;32-30(33,34)25-15-17-42(40-25)27-13-5-11-23(38-27)29(21-9-3-1-7-19(21)20-8-2-4-10-22(20)29)24-12-6-14-28(39-24)43-18-16-26(41-43)31(35,36)37;1-19(2,13-5-3-7-17(28-13)32-11-9-15(30-32)20(22,23)24)14-6-4-8-18(29-14)33-12-10-16(31-33)21(25,26)27;1-20(2,18-8-4-6-16(24-18)19(25)26)17-7-3-5-15(23-17)13-10-9-12(21)11-14(13)22;;;;/h17-20H,9-16H2,1-8H3;1-16H;3-10H,1-2H3;3-9,11H,1-2H3,(H,25,26);;;;/q3*-2;-1;;3*+2. The van der Waals surface area contributed by atoms with Gasteiger partial charge in [0.05, 0.1) is 74.5 Å². The van der Waals surface area contributed by atoms with Crippen molar-refractivity contribution in [1.29, 1.82) is 0 Å². The van der Waals surface area contributed by atoms with Crippen LogP contribution in [0, 0.1) is 42.5 Å². The fourth-order valence-corrected chi connectivity index (χ4v) is 18.0. The Morgan fingerprint density at radius 3 is 0.952 bits per heavy atom. The molecular weight excluding hydrogens is 2630 g/mol. The third kappa shape index (κ3) is 22.5. The van der Waals surface area contributed by atoms with Gasteiger partial charge in [-0.25, -0.2) is 19.7 Å². The van der Waals surface area contributed by atoms with E-state index in [4.69, 9.17) is 35.0 Å². The van der Waals surface area contributed by atoms with Gasteiger partial charge in [-0.05, 0) is 172 Å². The Morgan fingerprint density at radius 1 is 0.342 bits per heavy atom. The first-order chi connectivity index (χ1) is 67.7. The van der Waals surface area contributed by atoms with E-state index < -0.39 is 81.3 Å². The van der Waals surface area contributed by atoms with E-state index in [2.05, 4.69) is 151 Å². The van der Waals surface area contributed by atoms with Crippen LogP contribution in [0.15, 0.2) is 218 Å². The Labute approximate surface area is 888 Å². The molecule has 0 amide bonds. The summed E-state index contributed by atoms with van der Waals surface area (Å²) in [5, 5.41) is 23.3. The Morgan fingerprint density at radius 2 is 0.644 bits per heavy atom. The molecule has 0 radical (unpaired) electrons. The summed E-state index contributed by atoms with van der Waals surface area (Å²) in [5.41, 5.74) is 18.3. The number of carboxylic acid groups (broad SMARTS) is 1. The van der Waals surface area contributed by atoms with Crippen LogP contribution in [-0.4, -0.2) is 90.1 Å². The van der Waals surface area contributed by atoms with Gasteiger partial charge in [0, 0.05) is 72.0 Å². The van der Waals surface area contributed by atoms with Gasteiger partial charge in [0.15, 0.2) is 0 Å². The number of nitrogens with zero attached hydrogens (tertiary/aromatic N) is 18. The van der Waals surface area contributed by atoms with Gasteiger partial charge >= 0.3 is 93.9 Å². The number of alkyl halides is 12. The maximum Gasteiger partial charge on any atom is 2.00 e. The van der Waals surface area contributed by atoms with E-state index in [1.165, 1.54) is 74.9 Å². The van der Waals surface area contributed by atoms with E-state index in [-0.39, 0.29) is 119 Å². The van der Waals surface area contributed by atoms with Gasteiger partial charge in [0.2, 0.25) is 0 Å². The summed E-state index contributed by atoms with van der Waals surface area (Å²) in [5.74, 6) is -2.19. The first-order valence-electron chi connectivity index (χ1n) is 45.7. The first kappa shape index (κ1) is 112. The Bertz CT molecular complexity index is 7260. The molecule has 3 aliphatic rings. The van der Waals surface area contributed by atoms with Crippen molar-refractivity contribution < 1.29 is 156 Å². The van der Waals surface area contributed by atoms with Gasteiger partial charge < -0.3 is 38.8 Å². The summed E-state index contributed by atoms with van der Waals surface area (Å²) < 4.78 is 188. The van der Waals surface area contributed by atoms with Crippen LogP contribution in [0.4, 0.5) is 61.5 Å². The number of carbonyl (C=O) groups is 1.